The van der Waals surface area contributed by atoms with E-state index in [0.717, 1.165) is 12.1 Å². The van der Waals surface area contributed by atoms with Crippen LogP contribution in [-0.2, 0) is 6.42 Å². The van der Waals surface area contributed by atoms with Gasteiger partial charge in [-0.25, -0.2) is 0 Å². The van der Waals surface area contributed by atoms with Crippen LogP contribution in [0.25, 0.3) is 0 Å². The molecule has 0 spiro atoms. The summed E-state index contributed by atoms with van der Waals surface area (Å²) < 4.78 is 0. The van der Waals surface area contributed by atoms with Crippen LogP contribution in [-0.4, -0.2) is 18.0 Å². The van der Waals surface area contributed by atoms with Gasteiger partial charge in [0.05, 0.1) is 5.56 Å². The average Bonchev–Trinajstić information content (AvgIpc) is 2.91. The van der Waals surface area contributed by atoms with E-state index < -0.39 is 0 Å². The summed E-state index contributed by atoms with van der Waals surface area (Å²) in [5.41, 5.74) is 1.58. The lowest BCUT2D eigenvalue weighted by atomic mass is 10.1. The van der Waals surface area contributed by atoms with Crippen LogP contribution in [0.4, 0.5) is 5.69 Å². The highest BCUT2D eigenvalue weighted by atomic mass is 32.1. The molecule has 21 heavy (non-hydrogen) atoms. The predicted molar refractivity (Wildman–Crippen MR) is 90.2 cm³/mol. The Morgan fingerprint density at radius 2 is 1.90 bits per heavy atom. The number of para-hydroxylation sites is 1. The summed E-state index contributed by atoms with van der Waals surface area (Å²) >= 11 is 1.72. The second kappa shape index (κ2) is 7.27. The second-order valence-corrected chi connectivity index (χ2v) is 6.53. The fraction of sp³-hybridized carbons (Fsp3) is 0.353. The van der Waals surface area contributed by atoms with Gasteiger partial charge in [0.25, 0.3) is 5.91 Å². The minimum Gasteiger partial charge on any atom is -0.382 e. The number of hydrogen-bond acceptors (Lipinski definition) is 3. The molecule has 112 valence electrons. The maximum atomic E-state index is 12.4. The summed E-state index contributed by atoms with van der Waals surface area (Å²) in [6, 6.07) is 12.2. The van der Waals surface area contributed by atoms with Crippen LogP contribution in [0, 0.1) is 0 Å². The van der Waals surface area contributed by atoms with Crippen molar-refractivity contribution in [1.82, 2.24) is 5.32 Å². The van der Waals surface area contributed by atoms with E-state index in [1.54, 1.807) is 11.3 Å². The average molecular weight is 302 g/mol. The van der Waals surface area contributed by atoms with Crippen molar-refractivity contribution < 1.29 is 4.79 Å². The van der Waals surface area contributed by atoms with E-state index >= 15 is 0 Å². The molecule has 0 saturated heterocycles. The number of thiophene rings is 1. The number of benzene rings is 1. The largest absolute Gasteiger partial charge is 0.382 e. The van der Waals surface area contributed by atoms with Gasteiger partial charge in [-0.3, -0.25) is 4.79 Å². The summed E-state index contributed by atoms with van der Waals surface area (Å²) in [6.45, 7) is 6.16. The van der Waals surface area contributed by atoms with E-state index in [4.69, 9.17) is 0 Å². The zero-order valence-corrected chi connectivity index (χ0v) is 13.5. The molecule has 4 heteroatoms. The van der Waals surface area contributed by atoms with Gasteiger partial charge in [0.15, 0.2) is 0 Å². The third-order valence-corrected chi connectivity index (χ3v) is 3.98. The SMILES string of the molecule is CC(C)Nc1ccccc1C(=O)NC(C)Cc1cccs1. The first-order chi connectivity index (χ1) is 10.1. The third-order valence-electron chi connectivity index (χ3n) is 3.08. The van der Waals surface area contributed by atoms with E-state index in [9.17, 15) is 4.79 Å². The molecule has 2 aromatic rings. The van der Waals surface area contributed by atoms with E-state index in [-0.39, 0.29) is 11.9 Å². The van der Waals surface area contributed by atoms with Crippen molar-refractivity contribution in [2.24, 2.45) is 0 Å². The van der Waals surface area contributed by atoms with E-state index in [0.29, 0.717) is 11.6 Å². The molecule has 2 rings (SSSR count). The van der Waals surface area contributed by atoms with Crippen LogP contribution < -0.4 is 10.6 Å². The summed E-state index contributed by atoms with van der Waals surface area (Å²) in [6.07, 6.45) is 0.864. The molecule has 1 heterocycles. The van der Waals surface area contributed by atoms with Gasteiger partial charge in [-0.15, -0.1) is 11.3 Å². The van der Waals surface area contributed by atoms with Gasteiger partial charge >= 0.3 is 0 Å². The highest BCUT2D eigenvalue weighted by molar-refractivity contribution is 7.09. The Morgan fingerprint density at radius 1 is 1.14 bits per heavy atom. The third kappa shape index (κ3) is 4.60. The van der Waals surface area contributed by atoms with E-state index in [1.165, 1.54) is 4.88 Å². The molecule has 3 nitrogen and oxygen atoms in total. The Balaban J connectivity index is 2.02. The molecule has 0 aliphatic rings. The zero-order chi connectivity index (χ0) is 15.2. The smallest absolute Gasteiger partial charge is 0.253 e. The number of anilines is 1. The van der Waals surface area contributed by atoms with Crippen molar-refractivity contribution in [2.45, 2.75) is 39.3 Å². The van der Waals surface area contributed by atoms with Crippen molar-refractivity contribution in [2.75, 3.05) is 5.32 Å². The Kier molecular flexibility index (Phi) is 5.39. The standard InChI is InChI=1S/C17H22N2OS/c1-12(2)18-16-9-5-4-8-15(16)17(20)19-13(3)11-14-7-6-10-21-14/h4-10,12-13,18H,11H2,1-3H3,(H,19,20). The summed E-state index contributed by atoms with van der Waals surface area (Å²) in [4.78, 5) is 13.7. The van der Waals surface area contributed by atoms with Gasteiger partial charge in [-0.1, -0.05) is 18.2 Å². The van der Waals surface area contributed by atoms with Crippen LogP contribution in [0.5, 0.6) is 0 Å². The van der Waals surface area contributed by atoms with Crippen LogP contribution in [0.3, 0.4) is 0 Å². The van der Waals surface area contributed by atoms with Gasteiger partial charge in [-0.05, 0) is 44.4 Å². The lowest BCUT2D eigenvalue weighted by Crippen LogP contribution is -2.34. The molecule has 1 amide bonds. The van der Waals surface area contributed by atoms with Gasteiger partial charge < -0.3 is 10.6 Å². The van der Waals surface area contributed by atoms with Crippen molar-refractivity contribution in [3.05, 3.63) is 52.2 Å². The highest BCUT2D eigenvalue weighted by Crippen LogP contribution is 2.17. The highest BCUT2D eigenvalue weighted by Gasteiger charge is 2.14. The molecule has 0 saturated carbocycles. The van der Waals surface area contributed by atoms with Gasteiger partial charge in [0.2, 0.25) is 0 Å². The Labute approximate surface area is 130 Å². The molecule has 1 aromatic heterocycles. The summed E-state index contributed by atoms with van der Waals surface area (Å²) in [5.74, 6) is -0.0252. The number of rotatable bonds is 6. The molecule has 0 fully saturated rings. The fourth-order valence-corrected chi connectivity index (χ4v) is 3.04. The molecular formula is C17H22N2OS. The lowest BCUT2D eigenvalue weighted by Gasteiger charge is -2.17. The van der Waals surface area contributed by atoms with Gasteiger partial charge in [0, 0.05) is 29.1 Å². The molecule has 1 unspecified atom stereocenters. The van der Waals surface area contributed by atoms with Crippen molar-refractivity contribution in [3.8, 4) is 0 Å². The van der Waals surface area contributed by atoms with Crippen LogP contribution in [0.2, 0.25) is 0 Å². The van der Waals surface area contributed by atoms with Crippen molar-refractivity contribution in [3.63, 3.8) is 0 Å². The van der Waals surface area contributed by atoms with Crippen LogP contribution in [0.15, 0.2) is 41.8 Å². The summed E-state index contributed by atoms with van der Waals surface area (Å²) in [7, 11) is 0. The van der Waals surface area contributed by atoms with Gasteiger partial charge in [-0.2, -0.15) is 0 Å². The predicted octanol–water partition coefficient (Wildman–Crippen LogP) is 3.93. The molecule has 2 N–H and O–H groups in total. The first-order valence-electron chi connectivity index (χ1n) is 7.25. The van der Waals surface area contributed by atoms with E-state index in [1.807, 2.05) is 37.3 Å². The minimum atomic E-state index is -0.0252. The maximum absolute atomic E-state index is 12.4. The van der Waals surface area contributed by atoms with E-state index in [2.05, 4.69) is 35.9 Å². The molecule has 0 aliphatic heterocycles. The maximum Gasteiger partial charge on any atom is 0.253 e. The molecule has 1 atom stereocenters. The topological polar surface area (TPSA) is 41.1 Å². The number of carbonyl (C=O) groups is 1. The van der Waals surface area contributed by atoms with Crippen molar-refractivity contribution in [1.29, 1.82) is 0 Å². The van der Waals surface area contributed by atoms with Crippen LogP contribution >= 0.6 is 11.3 Å². The Morgan fingerprint density at radius 3 is 2.57 bits per heavy atom. The fourth-order valence-electron chi connectivity index (χ4n) is 2.20. The van der Waals surface area contributed by atoms with Crippen LogP contribution in [0.1, 0.15) is 36.0 Å². The monoisotopic (exact) mass is 302 g/mol. The lowest BCUT2D eigenvalue weighted by molar-refractivity contribution is 0.0941. The number of carbonyl (C=O) groups excluding carboxylic acids is 1. The first-order valence-corrected chi connectivity index (χ1v) is 8.13. The van der Waals surface area contributed by atoms with Crippen molar-refractivity contribution >= 4 is 22.9 Å². The summed E-state index contributed by atoms with van der Waals surface area (Å²) in [5, 5.41) is 8.45. The molecule has 0 bridgehead atoms. The molecule has 0 aliphatic carbocycles. The first kappa shape index (κ1) is 15.6. The number of amides is 1. The normalized spacial score (nSPS) is 12.2. The molecule has 0 radical (unpaired) electrons. The Hall–Kier alpha value is -1.81. The Bertz CT molecular complexity index is 578. The molecular weight excluding hydrogens is 280 g/mol. The minimum absolute atomic E-state index is 0.0252. The second-order valence-electron chi connectivity index (χ2n) is 5.50. The quantitative estimate of drug-likeness (QED) is 0.849. The number of hydrogen-bond donors (Lipinski definition) is 2. The van der Waals surface area contributed by atoms with Gasteiger partial charge in [0.1, 0.15) is 0 Å². The molecule has 1 aromatic carbocycles. The number of nitrogens with one attached hydrogen (secondary N) is 2. The zero-order valence-electron chi connectivity index (χ0n) is 12.7.